The molecular formula is C17H24N2. The van der Waals surface area contributed by atoms with Gasteiger partial charge >= 0.3 is 0 Å². The third-order valence-electron chi connectivity index (χ3n) is 4.41. The van der Waals surface area contributed by atoms with Gasteiger partial charge in [-0.1, -0.05) is 32.3 Å². The Kier molecular flexibility index (Phi) is 4.99. The predicted molar refractivity (Wildman–Crippen MR) is 78.8 cm³/mol. The molecule has 0 spiro atoms. The lowest BCUT2D eigenvalue weighted by atomic mass is 9.84. The molecule has 1 aliphatic carbocycles. The lowest BCUT2D eigenvalue weighted by Gasteiger charge is -2.29. The SMILES string of the molecule is CCC1CCCC(NCc2ccc(C#N)cc2C)C1. The van der Waals surface area contributed by atoms with Crippen LogP contribution in [0.3, 0.4) is 0 Å². The third-order valence-corrected chi connectivity index (χ3v) is 4.41. The van der Waals surface area contributed by atoms with E-state index in [1.807, 2.05) is 12.1 Å². The smallest absolute Gasteiger partial charge is 0.0991 e. The topological polar surface area (TPSA) is 35.8 Å². The summed E-state index contributed by atoms with van der Waals surface area (Å²) >= 11 is 0. The summed E-state index contributed by atoms with van der Waals surface area (Å²) in [5, 5.41) is 12.6. The van der Waals surface area contributed by atoms with Crippen molar-refractivity contribution >= 4 is 0 Å². The average Bonchev–Trinajstić information content (AvgIpc) is 2.46. The van der Waals surface area contributed by atoms with Gasteiger partial charge in [0.15, 0.2) is 0 Å². The van der Waals surface area contributed by atoms with Crippen LogP contribution in [-0.4, -0.2) is 6.04 Å². The Morgan fingerprint density at radius 3 is 2.89 bits per heavy atom. The fraction of sp³-hybridized carbons (Fsp3) is 0.588. The number of hydrogen-bond donors (Lipinski definition) is 1. The van der Waals surface area contributed by atoms with Crippen molar-refractivity contribution in [1.82, 2.24) is 5.32 Å². The van der Waals surface area contributed by atoms with Crippen LogP contribution in [0.2, 0.25) is 0 Å². The fourth-order valence-corrected chi connectivity index (χ4v) is 3.07. The molecule has 0 bridgehead atoms. The number of benzene rings is 1. The van der Waals surface area contributed by atoms with Gasteiger partial charge in [-0.05, 0) is 48.9 Å². The van der Waals surface area contributed by atoms with E-state index in [4.69, 9.17) is 5.26 Å². The molecule has 0 radical (unpaired) electrons. The third kappa shape index (κ3) is 3.81. The van der Waals surface area contributed by atoms with Gasteiger partial charge in [-0.25, -0.2) is 0 Å². The van der Waals surface area contributed by atoms with Crippen LogP contribution < -0.4 is 5.32 Å². The van der Waals surface area contributed by atoms with Crippen molar-refractivity contribution in [3.63, 3.8) is 0 Å². The lowest BCUT2D eigenvalue weighted by Crippen LogP contribution is -2.33. The van der Waals surface area contributed by atoms with E-state index in [1.165, 1.54) is 43.2 Å². The Labute approximate surface area is 116 Å². The average molecular weight is 256 g/mol. The first-order chi connectivity index (χ1) is 9.22. The Hall–Kier alpha value is -1.33. The fourth-order valence-electron chi connectivity index (χ4n) is 3.07. The normalized spacial score (nSPS) is 23.0. The predicted octanol–water partition coefficient (Wildman–Crippen LogP) is 3.93. The van der Waals surface area contributed by atoms with Crippen molar-refractivity contribution in [2.45, 2.75) is 58.5 Å². The zero-order valence-corrected chi connectivity index (χ0v) is 12.1. The van der Waals surface area contributed by atoms with Crippen LogP contribution in [0.15, 0.2) is 18.2 Å². The highest BCUT2D eigenvalue weighted by Gasteiger charge is 2.20. The summed E-state index contributed by atoms with van der Waals surface area (Å²) in [5.74, 6) is 0.910. The van der Waals surface area contributed by atoms with Crippen LogP contribution in [0.25, 0.3) is 0 Å². The molecule has 2 atom stereocenters. The molecule has 2 rings (SSSR count). The molecule has 102 valence electrons. The van der Waals surface area contributed by atoms with Crippen LogP contribution in [-0.2, 0) is 6.54 Å². The zero-order chi connectivity index (χ0) is 13.7. The van der Waals surface area contributed by atoms with Crippen molar-refractivity contribution in [2.75, 3.05) is 0 Å². The second-order valence-electron chi connectivity index (χ2n) is 5.77. The number of rotatable bonds is 4. The van der Waals surface area contributed by atoms with Crippen molar-refractivity contribution in [1.29, 1.82) is 5.26 Å². The largest absolute Gasteiger partial charge is 0.310 e. The first kappa shape index (κ1) is 14.1. The molecule has 0 saturated heterocycles. The number of nitrogens with one attached hydrogen (secondary N) is 1. The Balaban J connectivity index is 1.90. The van der Waals surface area contributed by atoms with Crippen LogP contribution in [0.1, 0.15) is 55.7 Å². The molecule has 0 aromatic heterocycles. The zero-order valence-electron chi connectivity index (χ0n) is 12.1. The monoisotopic (exact) mass is 256 g/mol. The van der Waals surface area contributed by atoms with E-state index in [-0.39, 0.29) is 0 Å². The highest BCUT2D eigenvalue weighted by Crippen LogP contribution is 2.26. The van der Waals surface area contributed by atoms with E-state index in [9.17, 15) is 0 Å². The van der Waals surface area contributed by atoms with Crippen LogP contribution >= 0.6 is 0 Å². The van der Waals surface area contributed by atoms with E-state index in [0.29, 0.717) is 6.04 Å². The van der Waals surface area contributed by atoms with E-state index in [1.54, 1.807) is 0 Å². The molecule has 19 heavy (non-hydrogen) atoms. The second kappa shape index (κ2) is 6.73. The lowest BCUT2D eigenvalue weighted by molar-refractivity contribution is 0.278. The van der Waals surface area contributed by atoms with Gasteiger partial charge in [-0.2, -0.15) is 5.26 Å². The first-order valence-electron chi connectivity index (χ1n) is 7.46. The first-order valence-corrected chi connectivity index (χ1v) is 7.46. The van der Waals surface area contributed by atoms with Gasteiger partial charge in [0.1, 0.15) is 0 Å². The maximum absolute atomic E-state index is 8.88. The van der Waals surface area contributed by atoms with Crippen molar-refractivity contribution in [3.05, 3.63) is 34.9 Å². The molecule has 1 saturated carbocycles. The van der Waals surface area contributed by atoms with Gasteiger partial charge in [0.2, 0.25) is 0 Å². The van der Waals surface area contributed by atoms with E-state index in [2.05, 4.69) is 31.3 Å². The molecule has 0 heterocycles. The summed E-state index contributed by atoms with van der Waals surface area (Å²) in [6.45, 7) is 5.32. The van der Waals surface area contributed by atoms with Crippen LogP contribution in [0.5, 0.6) is 0 Å². The molecular weight excluding hydrogens is 232 g/mol. The van der Waals surface area contributed by atoms with Crippen molar-refractivity contribution < 1.29 is 0 Å². The minimum atomic E-state index is 0.675. The van der Waals surface area contributed by atoms with E-state index >= 15 is 0 Å². The molecule has 0 amide bonds. The van der Waals surface area contributed by atoms with Crippen molar-refractivity contribution in [2.24, 2.45) is 5.92 Å². The molecule has 2 unspecified atom stereocenters. The minimum Gasteiger partial charge on any atom is -0.310 e. The van der Waals surface area contributed by atoms with E-state index in [0.717, 1.165) is 18.0 Å². The standard InChI is InChI=1S/C17H24N2/c1-3-14-5-4-6-17(10-14)19-12-16-8-7-15(11-18)9-13(16)2/h7-9,14,17,19H,3-6,10,12H2,1-2H3. The van der Waals surface area contributed by atoms with E-state index < -0.39 is 0 Å². The summed E-state index contributed by atoms with van der Waals surface area (Å²) in [4.78, 5) is 0. The highest BCUT2D eigenvalue weighted by molar-refractivity contribution is 5.37. The van der Waals surface area contributed by atoms with Gasteiger partial charge < -0.3 is 5.32 Å². The van der Waals surface area contributed by atoms with Gasteiger partial charge in [-0.15, -0.1) is 0 Å². The maximum Gasteiger partial charge on any atom is 0.0991 e. The Morgan fingerprint density at radius 1 is 1.37 bits per heavy atom. The molecule has 2 nitrogen and oxygen atoms in total. The highest BCUT2D eigenvalue weighted by atomic mass is 14.9. The summed E-state index contributed by atoms with van der Waals surface area (Å²) in [6.07, 6.45) is 6.72. The second-order valence-corrected chi connectivity index (χ2v) is 5.77. The number of nitriles is 1. The minimum absolute atomic E-state index is 0.675. The van der Waals surface area contributed by atoms with Crippen LogP contribution in [0.4, 0.5) is 0 Å². The number of aryl methyl sites for hydroxylation is 1. The summed E-state index contributed by atoms with van der Waals surface area (Å²) in [7, 11) is 0. The number of hydrogen-bond acceptors (Lipinski definition) is 2. The molecule has 1 fully saturated rings. The molecule has 1 aliphatic rings. The summed E-state index contributed by atoms with van der Waals surface area (Å²) < 4.78 is 0. The molecule has 2 heteroatoms. The van der Waals surface area contributed by atoms with Crippen LogP contribution in [0, 0.1) is 24.2 Å². The molecule has 1 aromatic rings. The molecule has 1 N–H and O–H groups in total. The number of nitrogens with zero attached hydrogens (tertiary/aromatic N) is 1. The maximum atomic E-state index is 8.88. The Morgan fingerprint density at radius 2 is 2.21 bits per heavy atom. The van der Waals surface area contributed by atoms with Gasteiger partial charge in [0.05, 0.1) is 11.6 Å². The summed E-state index contributed by atoms with van der Waals surface area (Å²) in [6, 6.07) is 8.85. The van der Waals surface area contributed by atoms with Gasteiger partial charge in [-0.3, -0.25) is 0 Å². The molecule has 1 aromatic carbocycles. The Bertz CT molecular complexity index is 459. The van der Waals surface area contributed by atoms with Crippen molar-refractivity contribution in [3.8, 4) is 6.07 Å². The van der Waals surface area contributed by atoms with Gasteiger partial charge in [0.25, 0.3) is 0 Å². The quantitative estimate of drug-likeness (QED) is 0.886. The summed E-state index contributed by atoms with van der Waals surface area (Å²) in [5.41, 5.74) is 3.29. The molecule has 0 aliphatic heterocycles. The van der Waals surface area contributed by atoms with Gasteiger partial charge in [0, 0.05) is 12.6 Å².